The monoisotopic (exact) mass is 298 g/mol. The smallest absolute Gasteiger partial charge is 0.253 e. The summed E-state index contributed by atoms with van der Waals surface area (Å²) in [5.74, 6) is 1.33. The molecule has 1 unspecified atom stereocenters. The molecule has 1 aliphatic heterocycles. The Morgan fingerprint density at radius 3 is 3.05 bits per heavy atom. The first kappa shape index (κ1) is 12.9. The van der Waals surface area contributed by atoms with Crippen molar-refractivity contribution >= 4 is 16.9 Å². The lowest BCUT2D eigenvalue weighted by atomic mass is 10.1. The minimum atomic E-state index is -0.0105. The second-order valence-electron chi connectivity index (χ2n) is 5.44. The van der Waals surface area contributed by atoms with Crippen molar-refractivity contribution in [3.8, 4) is 0 Å². The molecule has 0 radical (unpaired) electrons. The van der Waals surface area contributed by atoms with Crippen molar-refractivity contribution in [1.29, 1.82) is 0 Å². The van der Waals surface area contributed by atoms with E-state index >= 15 is 0 Å². The van der Waals surface area contributed by atoms with E-state index < -0.39 is 0 Å². The molecule has 3 heterocycles. The van der Waals surface area contributed by atoms with Crippen molar-refractivity contribution in [3.63, 3.8) is 0 Å². The lowest BCUT2D eigenvalue weighted by Gasteiger charge is -2.15. The first-order valence-electron chi connectivity index (χ1n) is 7.11. The summed E-state index contributed by atoms with van der Waals surface area (Å²) in [4.78, 5) is 18.7. The number of carbonyl (C=O) groups is 1. The van der Waals surface area contributed by atoms with Crippen LogP contribution in [0.2, 0.25) is 0 Å². The van der Waals surface area contributed by atoms with E-state index in [2.05, 4.69) is 25.6 Å². The standard InChI is InChI=1S/C14H14N6O2/c1-8-15-13(22-18-8)10-4-5-20(7-10)14(21)9-2-3-11-12(6-9)17-19-16-11/h2-3,6,10H,4-5,7H2,1H3,(H,16,17,19). The molecule has 112 valence electrons. The van der Waals surface area contributed by atoms with E-state index in [0.29, 0.717) is 35.9 Å². The number of nitrogens with one attached hydrogen (secondary N) is 1. The number of likely N-dealkylation sites (tertiary alicyclic amines) is 1. The van der Waals surface area contributed by atoms with Crippen LogP contribution >= 0.6 is 0 Å². The van der Waals surface area contributed by atoms with Crippen molar-refractivity contribution in [3.05, 3.63) is 35.5 Å². The molecular weight excluding hydrogens is 284 g/mol. The zero-order chi connectivity index (χ0) is 15.1. The second-order valence-corrected chi connectivity index (χ2v) is 5.44. The van der Waals surface area contributed by atoms with E-state index in [-0.39, 0.29) is 11.8 Å². The second kappa shape index (κ2) is 4.90. The van der Waals surface area contributed by atoms with Gasteiger partial charge in [0.05, 0.1) is 5.92 Å². The molecule has 8 nitrogen and oxygen atoms in total. The number of aromatic nitrogens is 5. The maximum atomic E-state index is 12.6. The average Bonchev–Trinajstić information content (AvgIpc) is 3.25. The number of aromatic amines is 1. The number of nitrogens with zero attached hydrogens (tertiary/aromatic N) is 5. The molecule has 0 bridgehead atoms. The van der Waals surface area contributed by atoms with Gasteiger partial charge in [0.2, 0.25) is 5.89 Å². The van der Waals surface area contributed by atoms with Crippen LogP contribution in [0.1, 0.15) is 34.4 Å². The highest BCUT2D eigenvalue weighted by atomic mass is 16.5. The van der Waals surface area contributed by atoms with Crippen LogP contribution in [0.15, 0.2) is 22.7 Å². The van der Waals surface area contributed by atoms with E-state index in [1.54, 1.807) is 25.1 Å². The number of amides is 1. The average molecular weight is 298 g/mol. The van der Waals surface area contributed by atoms with Crippen LogP contribution in [0.5, 0.6) is 0 Å². The van der Waals surface area contributed by atoms with Crippen LogP contribution in [0, 0.1) is 6.92 Å². The van der Waals surface area contributed by atoms with E-state index in [1.807, 2.05) is 4.90 Å². The van der Waals surface area contributed by atoms with Gasteiger partial charge in [-0.05, 0) is 31.5 Å². The molecule has 0 spiro atoms. The summed E-state index contributed by atoms with van der Waals surface area (Å²) >= 11 is 0. The molecule has 4 rings (SSSR count). The highest BCUT2D eigenvalue weighted by Gasteiger charge is 2.31. The fourth-order valence-electron chi connectivity index (χ4n) is 2.78. The summed E-state index contributed by atoms with van der Waals surface area (Å²) in [6.45, 7) is 3.07. The number of H-pyrrole nitrogens is 1. The van der Waals surface area contributed by atoms with E-state index in [4.69, 9.17) is 4.52 Å². The topological polar surface area (TPSA) is 101 Å². The van der Waals surface area contributed by atoms with Crippen LogP contribution in [-0.2, 0) is 0 Å². The van der Waals surface area contributed by atoms with E-state index in [0.717, 1.165) is 11.9 Å². The number of hydrogen-bond donors (Lipinski definition) is 1. The van der Waals surface area contributed by atoms with Gasteiger partial charge in [0, 0.05) is 18.7 Å². The summed E-state index contributed by atoms with van der Waals surface area (Å²) in [6.07, 6.45) is 0.833. The number of carbonyl (C=O) groups excluding carboxylic acids is 1. The lowest BCUT2D eigenvalue weighted by molar-refractivity contribution is 0.0789. The molecule has 1 saturated heterocycles. The van der Waals surface area contributed by atoms with Crippen molar-refractivity contribution < 1.29 is 9.32 Å². The highest BCUT2D eigenvalue weighted by molar-refractivity contribution is 5.97. The van der Waals surface area contributed by atoms with Crippen molar-refractivity contribution in [2.45, 2.75) is 19.3 Å². The third-order valence-corrected chi connectivity index (χ3v) is 3.93. The number of rotatable bonds is 2. The molecule has 1 aliphatic rings. The molecule has 8 heteroatoms. The van der Waals surface area contributed by atoms with Gasteiger partial charge in [0.15, 0.2) is 5.82 Å². The fourth-order valence-corrected chi connectivity index (χ4v) is 2.78. The fraction of sp³-hybridized carbons (Fsp3) is 0.357. The van der Waals surface area contributed by atoms with Gasteiger partial charge in [-0.3, -0.25) is 4.79 Å². The molecule has 3 aromatic rings. The van der Waals surface area contributed by atoms with Gasteiger partial charge in [-0.1, -0.05) is 5.16 Å². The number of aryl methyl sites for hydroxylation is 1. The number of benzene rings is 1. The molecule has 1 atom stereocenters. The maximum absolute atomic E-state index is 12.6. The summed E-state index contributed by atoms with van der Waals surface area (Å²) < 4.78 is 5.21. The third-order valence-electron chi connectivity index (χ3n) is 3.93. The summed E-state index contributed by atoms with van der Waals surface area (Å²) in [6, 6.07) is 5.32. The first-order chi connectivity index (χ1) is 10.7. The lowest BCUT2D eigenvalue weighted by Crippen LogP contribution is -2.28. The largest absolute Gasteiger partial charge is 0.339 e. The minimum Gasteiger partial charge on any atom is -0.339 e. The maximum Gasteiger partial charge on any atom is 0.253 e. The Balaban J connectivity index is 1.53. The van der Waals surface area contributed by atoms with Gasteiger partial charge in [0.1, 0.15) is 11.0 Å². The molecular formula is C14H14N6O2. The SMILES string of the molecule is Cc1noc(C2CCN(C(=O)c3ccc4n[nH]nc4c3)C2)n1. The Hall–Kier alpha value is -2.77. The predicted molar refractivity (Wildman–Crippen MR) is 76.2 cm³/mol. The zero-order valence-corrected chi connectivity index (χ0v) is 12.0. The summed E-state index contributed by atoms with van der Waals surface area (Å²) in [7, 11) is 0. The molecule has 0 aliphatic carbocycles. The Morgan fingerprint density at radius 2 is 2.23 bits per heavy atom. The zero-order valence-electron chi connectivity index (χ0n) is 12.0. The number of hydrogen-bond acceptors (Lipinski definition) is 6. The Kier molecular flexibility index (Phi) is 2.88. The van der Waals surface area contributed by atoms with Crippen LogP contribution in [0.3, 0.4) is 0 Å². The molecule has 1 fully saturated rings. The van der Waals surface area contributed by atoms with Crippen molar-refractivity contribution in [1.82, 2.24) is 30.5 Å². The molecule has 1 amide bonds. The predicted octanol–water partition coefficient (Wildman–Crippen LogP) is 1.28. The molecule has 1 N–H and O–H groups in total. The van der Waals surface area contributed by atoms with Gasteiger partial charge >= 0.3 is 0 Å². The van der Waals surface area contributed by atoms with Crippen LogP contribution < -0.4 is 0 Å². The molecule has 0 saturated carbocycles. The van der Waals surface area contributed by atoms with Gasteiger partial charge in [0.25, 0.3) is 5.91 Å². The van der Waals surface area contributed by atoms with Crippen molar-refractivity contribution in [2.24, 2.45) is 0 Å². The Morgan fingerprint density at radius 1 is 1.36 bits per heavy atom. The molecule has 2 aromatic heterocycles. The van der Waals surface area contributed by atoms with E-state index in [9.17, 15) is 4.79 Å². The normalized spacial score (nSPS) is 18.2. The van der Waals surface area contributed by atoms with E-state index in [1.165, 1.54) is 0 Å². The molecule has 22 heavy (non-hydrogen) atoms. The van der Waals surface area contributed by atoms with Crippen LogP contribution in [0.4, 0.5) is 0 Å². The third kappa shape index (κ3) is 2.12. The molecule has 1 aromatic carbocycles. The Bertz CT molecular complexity index is 839. The van der Waals surface area contributed by atoms with Crippen LogP contribution in [-0.4, -0.2) is 49.4 Å². The van der Waals surface area contributed by atoms with Gasteiger partial charge in [-0.15, -0.1) is 0 Å². The summed E-state index contributed by atoms with van der Waals surface area (Å²) in [5.41, 5.74) is 2.05. The number of fused-ring (bicyclic) bond motifs is 1. The summed E-state index contributed by atoms with van der Waals surface area (Å²) in [5, 5.41) is 14.4. The minimum absolute atomic E-state index is 0.0105. The van der Waals surface area contributed by atoms with Crippen molar-refractivity contribution in [2.75, 3.05) is 13.1 Å². The van der Waals surface area contributed by atoms with Gasteiger partial charge in [-0.25, -0.2) is 0 Å². The highest BCUT2D eigenvalue weighted by Crippen LogP contribution is 2.27. The van der Waals surface area contributed by atoms with Gasteiger partial charge in [-0.2, -0.15) is 20.4 Å². The quantitative estimate of drug-likeness (QED) is 0.764. The Labute approximate surface area is 125 Å². The van der Waals surface area contributed by atoms with Gasteiger partial charge < -0.3 is 9.42 Å². The first-order valence-corrected chi connectivity index (χ1v) is 7.11. The van der Waals surface area contributed by atoms with Crippen LogP contribution in [0.25, 0.3) is 11.0 Å².